The number of rotatable bonds is 15. The highest BCUT2D eigenvalue weighted by Crippen LogP contribution is 2.16. The Balaban J connectivity index is 4.07. The fourth-order valence-corrected chi connectivity index (χ4v) is 3.02. The molecule has 26 heavy (non-hydrogen) atoms. The fraction of sp³-hybridized carbons (Fsp3) is 1.00. The summed E-state index contributed by atoms with van der Waals surface area (Å²) in [4.78, 5) is 0. The highest BCUT2D eigenvalue weighted by molar-refractivity contribution is 4.75. The average molecular weight is 382 g/mol. The van der Waals surface area contributed by atoms with Crippen molar-refractivity contribution < 1.29 is 40.9 Å². The summed E-state index contributed by atoms with van der Waals surface area (Å²) in [6.45, 7) is 3.32. The molecule has 8 unspecified atom stereocenters. The van der Waals surface area contributed by atoms with Crippen LogP contribution < -0.4 is 0 Å². The Kier molecular flexibility index (Phi) is 13.6. The Morgan fingerprint density at radius 2 is 0.654 bits per heavy atom. The lowest BCUT2D eigenvalue weighted by atomic mass is 9.96. The van der Waals surface area contributed by atoms with Crippen LogP contribution in [-0.2, 0) is 0 Å². The van der Waals surface area contributed by atoms with E-state index in [2.05, 4.69) is 0 Å². The van der Waals surface area contributed by atoms with E-state index in [1.54, 1.807) is 6.92 Å². The molecule has 0 aromatic heterocycles. The zero-order chi connectivity index (χ0) is 20.3. The molecule has 0 spiro atoms. The summed E-state index contributed by atoms with van der Waals surface area (Å²) in [6, 6.07) is 0. The predicted octanol–water partition coefficient (Wildman–Crippen LogP) is -0.966. The van der Waals surface area contributed by atoms with Crippen molar-refractivity contribution in [1.29, 1.82) is 0 Å². The van der Waals surface area contributed by atoms with Gasteiger partial charge in [0.2, 0.25) is 0 Å². The first-order valence-electron chi connectivity index (χ1n) is 9.47. The number of hydrogen-bond acceptors (Lipinski definition) is 8. The van der Waals surface area contributed by atoms with Crippen LogP contribution >= 0.6 is 0 Å². The number of hydrogen-bond donors (Lipinski definition) is 8. The molecule has 0 aliphatic rings. The summed E-state index contributed by atoms with van der Waals surface area (Å²) < 4.78 is 0. The highest BCUT2D eigenvalue weighted by atomic mass is 16.3. The van der Waals surface area contributed by atoms with E-state index in [0.29, 0.717) is 6.42 Å². The van der Waals surface area contributed by atoms with Crippen molar-refractivity contribution in [2.24, 2.45) is 0 Å². The predicted molar refractivity (Wildman–Crippen MR) is 96.3 cm³/mol. The first-order chi connectivity index (χ1) is 12.0. The lowest BCUT2D eigenvalue weighted by Gasteiger charge is -2.23. The Morgan fingerprint density at radius 1 is 0.423 bits per heavy atom. The molecule has 0 amide bonds. The van der Waals surface area contributed by atoms with E-state index >= 15 is 0 Å². The minimum Gasteiger partial charge on any atom is -0.393 e. The van der Waals surface area contributed by atoms with Crippen LogP contribution in [0.3, 0.4) is 0 Å². The molecule has 158 valence electrons. The van der Waals surface area contributed by atoms with Crippen LogP contribution in [0.5, 0.6) is 0 Å². The van der Waals surface area contributed by atoms with Gasteiger partial charge in [-0.25, -0.2) is 0 Å². The molecule has 0 rings (SSSR count). The van der Waals surface area contributed by atoms with Crippen molar-refractivity contribution in [2.45, 2.75) is 114 Å². The van der Waals surface area contributed by atoms with Crippen molar-refractivity contribution in [3.05, 3.63) is 0 Å². The molecule has 8 heteroatoms. The van der Waals surface area contributed by atoms with Gasteiger partial charge in [-0.2, -0.15) is 0 Å². The smallest absolute Gasteiger partial charge is 0.0589 e. The molecule has 0 aliphatic heterocycles. The van der Waals surface area contributed by atoms with Crippen molar-refractivity contribution >= 4 is 0 Å². The minimum atomic E-state index is -1.00. The molecule has 0 aromatic carbocycles. The zero-order valence-electron chi connectivity index (χ0n) is 15.9. The van der Waals surface area contributed by atoms with Crippen molar-refractivity contribution in [3.8, 4) is 0 Å². The molecule has 0 heterocycles. The Labute approximate surface area is 155 Å². The maximum Gasteiger partial charge on any atom is 0.0589 e. The molecule has 0 radical (unpaired) electrons. The SMILES string of the molecule is CCC(O)CC(O)CC(O)CC(O)CC(O)CC(O)CC(O)CC(C)O. The second-order valence-corrected chi connectivity index (χ2v) is 7.48. The lowest BCUT2D eigenvalue weighted by Crippen LogP contribution is -2.29. The van der Waals surface area contributed by atoms with Gasteiger partial charge in [0, 0.05) is 0 Å². The summed E-state index contributed by atoms with van der Waals surface area (Å²) >= 11 is 0. The van der Waals surface area contributed by atoms with Crippen molar-refractivity contribution in [1.82, 2.24) is 0 Å². The average Bonchev–Trinajstić information content (AvgIpc) is 2.44. The van der Waals surface area contributed by atoms with E-state index in [9.17, 15) is 35.7 Å². The molecule has 0 fully saturated rings. The molecule has 8 atom stereocenters. The molecule has 0 saturated heterocycles. The van der Waals surface area contributed by atoms with Gasteiger partial charge in [0.05, 0.1) is 48.8 Å². The molecular formula is C18H38O8. The van der Waals surface area contributed by atoms with Crippen molar-refractivity contribution in [3.63, 3.8) is 0 Å². The fourth-order valence-electron chi connectivity index (χ4n) is 3.02. The van der Waals surface area contributed by atoms with E-state index in [-0.39, 0.29) is 44.9 Å². The summed E-state index contributed by atoms with van der Waals surface area (Å²) in [5, 5.41) is 77.6. The van der Waals surface area contributed by atoms with Gasteiger partial charge in [0.25, 0.3) is 0 Å². The van der Waals surface area contributed by atoms with Gasteiger partial charge < -0.3 is 40.9 Å². The standard InChI is InChI=1S/C18H38O8/c1-3-12(20)5-14(22)7-16(24)9-18(26)10-17(25)8-15(23)6-13(21)4-11(2)19/h11-26H,3-10H2,1-2H3. The van der Waals surface area contributed by atoms with Gasteiger partial charge >= 0.3 is 0 Å². The highest BCUT2D eigenvalue weighted by Gasteiger charge is 2.22. The van der Waals surface area contributed by atoms with Crippen LogP contribution in [-0.4, -0.2) is 89.7 Å². The molecular weight excluding hydrogens is 344 g/mol. The molecule has 0 bridgehead atoms. The second kappa shape index (κ2) is 13.8. The summed E-state index contributed by atoms with van der Waals surface area (Å²) in [5.74, 6) is 0. The number of aliphatic hydroxyl groups excluding tert-OH is 8. The van der Waals surface area contributed by atoms with Gasteiger partial charge in [-0.05, 0) is 58.3 Å². The van der Waals surface area contributed by atoms with Gasteiger partial charge in [0.1, 0.15) is 0 Å². The van der Waals surface area contributed by atoms with Crippen molar-refractivity contribution in [2.75, 3.05) is 0 Å². The van der Waals surface area contributed by atoms with E-state index in [0.717, 1.165) is 0 Å². The van der Waals surface area contributed by atoms with Crippen LogP contribution in [0.2, 0.25) is 0 Å². The maximum absolute atomic E-state index is 9.93. The lowest BCUT2D eigenvalue weighted by molar-refractivity contribution is -0.00834. The minimum absolute atomic E-state index is 0.0205. The zero-order valence-corrected chi connectivity index (χ0v) is 15.9. The summed E-state index contributed by atoms with van der Waals surface area (Å²) in [5.41, 5.74) is 0. The topological polar surface area (TPSA) is 162 Å². The largest absolute Gasteiger partial charge is 0.393 e. The monoisotopic (exact) mass is 382 g/mol. The first kappa shape index (κ1) is 25.7. The van der Waals surface area contributed by atoms with Crippen LogP contribution in [0.15, 0.2) is 0 Å². The van der Waals surface area contributed by atoms with Gasteiger partial charge in [-0.1, -0.05) is 6.92 Å². The second-order valence-electron chi connectivity index (χ2n) is 7.48. The van der Waals surface area contributed by atoms with Crippen LogP contribution in [0.25, 0.3) is 0 Å². The molecule has 8 N–H and O–H groups in total. The van der Waals surface area contributed by atoms with Crippen LogP contribution in [0.1, 0.15) is 65.2 Å². The van der Waals surface area contributed by atoms with Crippen LogP contribution in [0, 0.1) is 0 Å². The molecule has 0 saturated carbocycles. The Hall–Kier alpha value is -0.320. The first-order valence-corrected chi connectivity index (χ1v) is 9.47. The maximum atomic E-state index is 9.93. The third-order valence-corrected chi connectivity index (χ3v) is 4.35. The van der Waals surface area contributed by atoms with E-state index < -0.39 is 48.8 Å². The van der Waals surface area contributed by atoms with Gasteiger partial charge in [0.15, 0.2) is 0 Å². The summed E-state index contributed by atoms with van der Waals surface area (Å²) in [6.07, 6.45) is -6.24. The van der Waals surface area contributed by atoms with E-state index in [1.165, 1.54) is 6.92 Å². The molecule has 8 nitrogen and oxygen atoms in total. The summed E-state index contributed by atoms with van der Waals surface area (Å²) in [7, 11) is 0. The quantitative estimate of drug-likeness (QED) is 0.179. The number of aliphatic hydroxyl groups is 8. The van der Waals surface area contributed by atoms with E-state index in [1.807, 2.05) is 0 Å². The van der Waals surface area contributed by atoms with Gasteiger partial charge in [-0.3, -0.25) is 0 Å². The Morgan fingerprint density at radius 3 is 0.885 bits per heavy atom. The third-order valence-electron chi connectivity index (χ3n) is 4.35. The third kappa shape index (κ3) is 13.8. The van der Waals surface area contributed by atoms with Crippen LogP contribution in [0.4, 0.5) is 0 Å². The molecule has 0 aliphatic carbocycles. The Bertz CT molecular complexity index is 341. The molecule has 0 aromatic rings. The normalized spacial score (nSPS) is 21.5. The van der Waals surface area contributed by atoms with Gasteiger partial charge in [-0.15, -0.1) is 0 Å². The van der Waals surface area contributed by atoms with E-state index in [4.69, 9.17) is 5.11 Å².